The number of rotatable bonds is 4. The number of fused-ring (bicyclic) bond motifs is 4. The normalized spacial score (nSPS) is 25.4. The van der Waals surface area contributed by atoms with E-state index in [1.165, 1.54) is 0 Å². The van der Waals surface area contributed by atoms with Crippen molar-refractivity contribution in [3.05, 3.63) is 74.6 Å². The van der Waals surface area contributed by atoms with Gasteiger partial charge >= 0.3 is 5.63 Å². The summed E-state index contributed by atoms with van der Waals surface area (Å²) < 4.78 is 11.5. The quantitative estimate of drug-likeness (QED) is 0.452. The van der Waals surface area contributed by atoms with E-state index >= 15 is 0 Å². The number of nitrogens with zero attached hydrogens (tertiary/aromatic N) is 1. The van der Waals surface area contributed by atoms with Crippen LogP contribution in [0, 0.1) is 5.92 Å². The van der Waals surface area contributed by atoms with Gasteiger partial charge in [-0.25, -0.2) is 4.79 Å². The fourth-order valence-electron chi connectivity index (χ4n) is 6.78. The predicted octanol–water partition coefficient (Wildman–Crippen LogP) is 5.60. The molecule has 1 aromatic heterocycles. The number of aryl methyl sites for hydroxylation is 1. The number of carbonyl (C=O) groups excluding carboxylic acids is 1. The highest BCUT2D eigenvalue weighted by atomic mass is 35.5. The van der Waals surface area contributed by atoms with Crippen LogP contribution in [0.5, 0.6) is 5.75 Å². The van der Waals surface area contributed by atoms with Crippen LogP contribution in [0.3, 0.4) is 0 Å². The molecule has 2 aromatic carbocycles. The molecule has 1 amide bonds. The van der Waals surface area contributed by atoms with Crippen LogP contribution >= 0.6 is 11.6 Å². The van der Waals surface area contributed by atoms with Gasteiger partial charge in [0.15, 0.2) is 6.61 Å². The molecule has 6 nitrogen and oxygen atoms in total. The molecule has 1 saturated heterocycles. The number of carbonyl (C=O) groups is 1. The zero-order valence-electron chi connectivity index (χ0n) is 20.9. The maximum Gasteiger partial charge on any atom is 0.339 e. The number of benzene rings is 2. The van der Waals surface area contributed by atoms with Gasteiger partial charge in [0.05, 0.1) is 11.6 Å². The van der Waals surface area contributed by atoms with E-state index < -0.39 is 5.60 Å². The Hall–Kier alpha value is -2.83. The van der Waals surface area contributed by atoms with Crippen LogP contribution in [0.2, 0.25) is 5.02 Å². The Balaban J connectivity index is 1.24. The summed E-state index contributed by atoms with van der Waals surface area (Å²) in [5, 5.41) is 13.1. The standard InChI is InChI=1S/C30H32ClNO5/c31-20-10-8-19(9-11-20)28-25-7-3-4-14-30(25,35)15-16-32(28)27(33)18-36-21-12-13-23-22-5-1-2-6-24(22)29(34)37-26(23)17-21/h8-13,17,25,28,35H,1-7,14-16,18H2/t25-,28-,30+/m0/s1. The van der Waals surface area contributed by atoms with Gasteiger partial charge in [0.1, 0.15) is 11.3 Å². The Bertz CT molecular complexity index is 1380. The number of piperidine rings is 1. The molecule has 1 N–H and O–H groups in total. The maximum atomic E-state index is 13.5. The maximum absolute atomic E-state index is 13.5. The molecular weight excluding hydrogens is 490 g/mol. The SMILES string of the molecule is O=C(COc1ccc2c3c(c(=O)oc2c1)CCCC3)N1CC[C@]2(O)CCCC[C@H]2[C@@H]1c1ccc(Cl)cc1. The van der Waals surface area contributed by atoms with Gasteiger partial charge in [-0.05, 0) is 80.3 Å². The number of aliphatic hydroxyl groups is 1. The first-order chi connectivity index (χ1) is 17.9. The second-order valence-corrected chi connectivity index (χ2v) is 11.2. The molecule has 3 aliphatic rings. The Kier molecular flexibility index (Phi) is 6.49. The zero-order valence-corrected chi connectivity index (χ0v) is 21.6. The number of hydrogen-bond donors (Lipinski definition) is 1. The van der Waals surface area contributed by atoms with Gasteiger partial charge in [-0.2, -0.15) is 0 Å². The third-order valence-electron chi connectivity index (χ3n) is 8.66. The minimum absolute atomic E-state index is 0.0266. The summed E-state index contributed by atoms with van der Waals surface area (Å²) in [6.07, 6.45) is 8.00. The van der Waals surface area contributed by atoms with Crippen molar-refractivity contribution in [2.75, 3.05) is 13.2 Å². The van der Waals surface area contributed by atoms with Gasteiger partial charge in [0, 0.05) is 34.5 Å². The fraction of sp³-hybridized carbons (Fsp3) is 0.467. The van der Waals surface area contributed by atoms with Crippen molar-refractivity contribution in [1.29, 1.82) is 0 Å². The molecule has 1 saturated carbocycles. The fourth-order valence-corrected chi connectivity index (χ4v) is 6.90. The molecule has 0 bridgehead atoms. The number of halogens is 1. The van der Waals surface area contributed by atoms with Crippen molar-refractivity contribution < 1.29 is 19.1 Å². The van der Waals surface area contributed by atoms with Crippen LogP contribution in [-0.4, -0.2) is 34.7 Å². The molecule has 3 aromatic rings. The minimum atomic E-state index is -0.755. The molecule has 0 unspecified atom stereocenters. The molecule has 7 heteroatoms. The topological polar surface area (TPSA) is 80.0 Å². The largest absolute Gasteiger partial charge is 0.484 e. The molecule has 2 fully saturated rings. The summed E-state index contributed by atoms with van der Waals surface area (Å²) >= 11 is 6.15. The lowest BCUT2D eigenvalue weighted by Crippen LogP contribution is -2.56. The Morgan fingerprint density at radius 2 is 1.84 bits per heavy atom. The molecule has 1 aliphatic heterocycles. The smallest absolute Gasteiger partial charge is 0.339 e. The van der Waals surface area contributed by atoms with Gasteiger partial charge < -0.3 is 19.2 Å². The van der Waals surface area contributed by atoms with E-state index in [0.717, 1.165) is 73.4 Å². The number of ether oxygens (including phenoxy) is 1. The average molecular weight is 522 g/mol. The van der Waals surface area contributed by atoms with Gasteiger partial charge in [-0.1, -0.05) is 36.6 Å². The second kappa shape index (κ2) is 9.80. The van der Waals surface area contributed by atoms with Crippen molar-refractivity contribution in [3.8, 4) is 5.75 Å². The summed E-state index contributed by atoms with van der Waals surface area (Å²) in [7, 11) is 0. The third-order valence-corrected chi connectivity index (χ3v) is 8.91. The van der Waals surface area contributed by atoms with E-state index in [1.54, 1.807) is 6.07 Å². The first kappa shape index (κ1) is 24.5. The van der Waals surface area contributed by atoms with E-state index in [1.807, 2.05) is 41.3 Å². The van der Waals surface area contributed by atoms with Crippen molar-refractivity contribution in [2.45, 2.75) is 69.4 Å². The monoisotopic (exact) mass is 521 g/mol. The minimum Gasteiger partial charge on any atom is -0.484 e. The Morgan fingerprint density at radius 3 is 2.65 bits per heavy atom. The van der Waals surface area contributed by atoms with E-state index in [2.05, 4.69) is 0 Å². The first-order valence-electron chi connectivity index (χ1n) is 13.4. The highest BCUT2D eigenvalue weighted by molar-refractivity contribution is 6.30. The summed E-state index contributed by atoms with van der Waals surface area (Å²) in [4.78, 5) is 27.9. The van der Waals surface area contributed by atoms with Crippen molar-refractivity contribution in [1.82, 2.24) is 4.90 Å². The van der Waals surface area contributed by atoms with Crippen LogP contribution < -0.4 is 10.4 Å². The van der Waals surface area contributed by atoms with Crippen molar-refractivity contribution >= 4 is 28.5 Å². The molecular formula is C30H32ClNO5. The van der Waals surface area contributed by atoms with Crippen molar-refractivity contribution in [2.24, 2.45) is 5.92 Å². The Morgan fingerprint density at radius 1 is 1.05 bits per heavy atom. The number of likely N-dealkylation sites (tertiary alicyclic amines) is 1. The number of amides is 1. The van der Waals surface area contributed by atoms with Crippen LogP contribution in [-0.2, 0) is 17.6 Å². The molecule has 3 atom stereocenters. The molecule has 0 spiro atoms. The summed E-state index contributed by atoms with van der Waals surface area (Å²) in [6.45, 7) is 0.344. The highest BCUT2D eigenvalue weighted by Crippen LogP contribution is 2.49. The molecule has 0 radical (unpaired) electrons. The van der Waals surface area contributed by atoms with E-state index in [0.29, 0.717) is 29.3 Å². The first-order valence-corrected chi connectivity index (χ1v) is 13.8. The third kappa shape index (κ3) is 4.55. The molecule has 194 valence electrons. The van der Waals surface area contributed by atoms with E-state index in [9.17, 15) is 14.7 Å². The molecule has 37 heavy (non-hydrogen) atoms. The lowest BCUT2D eigenvalue weighted by Gasteiger charge is -2.52. The summed E-state index contributed by atoms with van der Waals surface area (Å²) in [5.41, 5.74) is 2.34. The molecule has 2 aliphatic carbocycles. The predicted molar refractivity (Wildman–Crippen MR) is 142 cm³/mol. The van der Waals surface area contributed by atoms with Crippen LogP contribution in [0.1, 0.15) is 67.7 Å². The van der Waals surface area contributed by atoms with Crippen LogP contribution in [0.4, 0.5) is 0 Å². The van der Waals surface area contributed by atoms with Gasteiger partial charge in [-0.15, -0.1) is 0 Å². The summed E-state index contributed by atoms with van der Waals surface area (Å²) in [6, 6.07) is 12.9. The van der Waals surface area contributed by atoms with Crippen LogP contribution in [0.15, 0.2) is 51.7 Å². The lowest BCUT2D eigenvalue weighted by atomic mass is 9.66. The lowest BCUT2D eigenvalue weighted by molar-refractivity contribution is -0.157. The van der Waals surface area contributed by atoms with Crippen LogP contribution in [0.25, 0.3) is 11.0 Å². The molecule has 6 rings (SSSR count). The average Bonchev–Trinajstić information content (AvgIpc) is 2.91. The van der Waals surface area contributed by atoms with E-state index in [4.69, 9.17) is 20.8 Å². The zero-order chi connectivity index (χ0) is 25.6. The van der Waals surface area contributed by atoms with Gasteiger partial charge in [-0.3, -0.25) is 4.79 Å². The summed E-state index contributed by atoms with van der Waals surface area (Å²) in [5.74, 6) is 0.342. The highest BCUT2D eigenvalue weighted by Gasteiger charge is 2.50. The van der Waals surface area contributed by atoms with E-state index in [-0.39, 0.29) is 30.1 Å². The van der Waals surface area contributed by atoms with Gasteiger partial charge in [0.2, 0.25) is 0 Å². The van der Waals surface area contributed by atoms with Gasteiger partial charge in [0.25, 0.3) is 5.91 Å². The van der Waals surface area contributed by atoms with Crippen molar-refractivity contribution in [3.63, 3.8) is 0 Å². The number of hydrogen-bond acceptors (Lipinski definition) is 5. The molecule has 2 heterocycles. The Labute approximate surface area is 221 Å². The second-order valence-electron chi connectivity index (χ2n) is 10.8.